The molecule has 0 saturated heterocycles. The topological polar surface area (TPSA) is 58.6 Å². The van der Waals surface area contributed by atoms with E-state index in [-0.39, 0.29) is 24.5 Å². The van der Waals surface area contributed by atoms with Gasteiger partial charge in [0, 0.05) is 12.6 Å². The van der Waals surface area contributed by atoms with Gasteiger partial charge in [-0.2, -0.15) is 0 Å². The predicted octanol–water partition coefficient (Wildman–Crippen LogP) is 4.47. The van der Waals surface area contributed by atoms with Crippen LogP contribution in [-0.2, 0) is 16.1 Å². The number of rotatable bonds is 8. The molecule has 5 nitrogen and oxygen atoms in total. The third kappa shape index (κ3) is 6.09. The highest BCUT2D eigenvalue weighted by Gasteiger charge is 2.29. The van der Waals surface area contributed by atoms with Crippen molar-refractivity contribution in [2.75, 3.05) is 6.61 Å². The van der Waals surface area contributed by atoms with Crippen LogP contribution < -0.4 is 10.1 Å². The average molecular weight is 423 g/mol. The minimum atomic E-state index is -0.574. The van der Waals surface area contributed by atoms with Crippen LogP contribution in [0.5, 0.6) is 5.75 Å². The van der Waals surface area contributed by atoms with E-state index in [1.165, 1.54) is 0 Å². The fourth-order valence-corrected chi connectivity index (χ4v) is 4.13. The van der Waals surface area contributed by atoms with Crippen LogP contribution in [0.25, 0.3) is 0 Å². The van der Waals surface area contributed by atoms with Crippen molar-refractivity contribution in [2.45, 2.75) is 72.0 Å². The first kappa shape index (κ1) is 22.9. The molecule has 1 aliphatic rings. The number of benzene rings is 2. The molecular formula is C26H34N2O3. The van der Waals surface area contributed by atoms with Crippen molar-refractivity contribution in [2.24, 2.45) is 0 Å². The van der Waals surface area contributed by atoms with Gasteiger partial charge in [-0.05, 0) is 63.3 Å². The van der Waals surface area contributed by atoms with Gasteiger partial charge >= 0.3 is 0 Å². The Balaban J connectivity index is 1.74. The minimum Gasteiger partial charge on any atom is -0.483 e. The molecule has 0 bridgehead atoms. The van der Waals surface area contributed by atoms with Gasteiger partial charge in [-0.1, -0.05) is 54.8 Å². The molecule has 0 aliphatic heterocycles. The lowest BCUT2D eigenvalue weighted by Crippen LogP contribution is -2.50. The van der Waals surface area contributed by atoms with E-state index in [2.05, 4.69) is 5.32 Å². The fourth-order valence-electron chi connectivity index (χ4n) is 4.13. The molecule has 1 atom stereocenters. The summed E-state index contributed by atoms with van der Waals surface area (Å²) in [4.78, 5) is 27.8. The van der Waals surface area contributed by atoms with Crippen LogP contribution in [0.1, 0.15) is 54.9 Å². The van der Waals surface area contributed by atoms with E-state index in [0.717, 1.165) is 47.9 Å². The van der Waals surface area contributed by atoms with Crippen LogP contribution in [-0.4, -0.2) is 35.4 Å². The van der Waals surface area contributed by atoms with Crippen molar-refractivity contribution in [3.8, 4) is 5.75 Å². The molecule has 166 valence electrons. The normalized spacial score (nSPS) is 14.8. The van der Waals surface area contributed by atoms with Gasteiger partial charge in [0.25, 0.3) is 5.91 Å². The maximum atomic E-state index is 13.2. The fraction of sp³-hybridized carbons (Fsp3) is 0.462. The van der Waals surface area contributed by atoms with Gasteiger partial charge in [0.15, 0.2) is 6.61 Å². The second kappa shape index (κ2) is 10.5. The monoisotopic (exact) mass is 422 g/mol. The molecule has 1 unspecified atom stereocenters. The number of hydrogen-bond donors (Lipinski definition) is 1. The zero-order valence-electron chi connectivity index (χ0n) is 19.1. The molecule has 0 heterocycles. The first-order chi connectivity index (χ1) is 14.8. The van der Waals surface area contributed by atoms with Crippen molar-refractivity contribution in [3.63, 3.8) is 0 Å². The Morgan fingerprint density at radius 3 is 2.45 bits per heavy atom. The Kier molecular flexibility index (Phi) is 7.72. The number of ether oxygens (including phenoxy) is 1. The number of amides is 2. The highest BCUT2D eigenvalue weighted by atomic mass is 16.5. The molecule has 2 aromatic rings. The molecule has 1 N–H and O–H groups in total. The Morgan fingerprint density at radius 2 is 1.77 bits per heavy atom. The van der Waals surface area contributed by atoms with Crippen molar-refractivity contribution in [1.82, 2.24) is 10.2 Å². The Hall–Kier alpha value is -2.82. The first-order valence-corrected chi connectivity index (χ1v) is 11.2. The van der Waals surface area contributed by atoms with Crippen LogP contribution in [0.2, 0.25) is 0 Å². The van der Waals surface area contributed by atoms with E-state index < -0.39 is 6.04 Å². The third-order valence-electron chi connectivity index (χ3n) is 6.15. The molecule has 0 spiro atoms. The summed E-state index contributed by atoms with van der Waals surface area (Å²) in [7, 11) is 0. The van der Waals surface area contributed by atoms with Gasteiger partial charge < -0.3 is 15.0 Å². The lowest BCUT2D eigenvalue weighted by atomic mass is 10.1. The maximum absolute atomic E-state index is 13.2. The summed E-state index contributed by atoms with van der Waals surface area (Å²) in [5.41, 5.74) is 4.27. The minimum absolute atomic E-state index is 0.0969. The van der Waals surface area contributed by atoms with Gasteiger partial charge in [0.1, 0.15) is 11.8 Å². The van der Waals surface area contributed by atoms with Crippen molar-refractivity contribution in [3.05, 3.63) is 64.7 Å². The molecule has 2 aromatic carbocycles. The quantitative estimate of drug-likeness (QED) is 0.683. The van der Waals surface area contributed by atoms with E-state index in [9.17, 15) is 9.59 Å². The zero-order valence-corrected chi connectivity index (χ0v) is 19.1. The SMILES string of the molecule is Cc1ccc(OCC(=O)N(Cc2ccccc2C)C(C)C(=O)NC2CCCC2)c(C)c1. The summed E-state index contributed by atoms with van der Waals surface area (Å²) in [6.07, 6.45) is 4.32. The summed E-state index contributed by atoms with van der Waals surface area (Å²) in [5.74, 6) is 0.399. The number of nitrogens with one attached hydrogen (secondary N) is 1. The number of nitrogens with zero attached hydrogens (tertiary/aromatic N) is 1. The second-order valence-corrected chi connectivity index (χ2v) is 8.67. The van der Waals surface area contributed by atoms with E-state index in [0.29, 0.717) is 12.3 Å². The molecule has 3 rings (SSSR count). The van der Waals surface area contributed by atoms with E-state index in [4.69, 9.17) is 4.74 Å². The molecular weight excluding hydrogens is 388 g/mol. The van der Waals surface area contributed by atoms with Gasteiger partial charge in [0.2, 0.25) is 5.91 Å². The van der Waals surface area contributed by atoms with E-state index in [1.807, 2.05) is 63.2 Å². The van der Waals surface area contributed by atoms with Crippen LogP contribution in [0.15, 0.2) is 42.5 Å². The largest absolute Gasteiger partial charge is 0.483 e. The van der Waals surface area contributed by atoms with Crippen LogP contribution in [0.4, 0.5) is 0 Å². The summed E-state index contributed by atoms with van der Waals surface area (Å²) in [6, 6.07) is 13.5. The molecule has 1 aliphatic carbocycles. The van der Waals surface area contributed by atoms with Gasteiger partial charge in [0.05, 0.1) is 0 Å². The molecule has 1 fully saturated rings. The van der Waals surface area contributed by atoms with Gasteiger partial charge in [-0.25, -0.2) is 0 Å². The standard InChI is InChI=1S/C26H34N2O3/c1-18-13-14-24(20(3)15-18)31-17-25(29)28(16-22-10-6-5-9-19(22)2)21(4)26(30)27-23-11-7-8-12-23/h5-6,9-10,13-15,21,23H,7-8,11-12,16-17H2,1-4H3,(H,27,30). The second-order valence-electron chi connectivity index (χ2n) is 8.67. The highest BCUT2D eigenvalue weighted by Crippen LogP contribution is 2.21. The summed E-state index contributed by atoms with van der Waals surface area (Å²) >= 11 is 0. The number of carbonyl (C=O) groups excluding carboxylic acids is 2. The summed E-state index contributed by atoms with van der Waals surface area (Å²) < 4.78 is 5.84. The van der Waals surface area contributed by atoms with Crippen LogP contribution in [0.3, 0.4) is 0 Å². The van der Waals surface area contributed by atoms with E-state index in [1.54, 1.807) is 11.8 Å². The van der Waals surface area contributed by atoms with E-state index >= 15 is 0 Å². The number of hydrogen-bond acceptors (Lipinski definition) is 3. The van der Waals surface area contributed by atoms with Crippen LogP contribution in [0, 0.1) is 20.8 Å². The molecule has 31 heavy (non-hydrogen) atoms. The predicted molar refractivity (Wildman–Crippen MR) is 123 cm³/mol. The van der Waals surface area contributed by atoms with Gasteiger partial charge in [-0.15, -0.1) is 0 Å². The lowest BCUT2D eigenvalue weighted by molar-refractivity contribution is -0.142. The maximum Gasteiger partial charge on any atom is 0.261 e. The number of aryl methyl sites for hydroxylation is 3. The van der Waals surface area contributed by atoms with Crippen molar-refractivity contribution < 1.29 is 14.3 Å². The molecule has 0 aromatic heterocycles. The number of carbonyl (C=O) groups is 2. The van der Waals surface area contributed by atoms with Crippen LogP contribution >= 0.6 is 0 Å². The molecule has 1 saturated carbocycles. The Bertz CT molecular complexity index is 919. The molecule has 0 radical (unpaired) electrons. The third-order valence-corrected chi connectivity index (χ3v) is 6.15. The summed E-state index contributed by atoms with van der Waals surface area (Å²) in [6.45, 7) is 8.09. The van der Waals surface area contributed by atoms with Crippen molar-refractivity contribution >= 4 is 11.8 Å². The highest BCUT2D eigenvalue weighted by molar-refractivity contribution is 5.88. The lowest BCUT2D eigenvalue weighted by Gasteiger charge is -2.30. The first-order valence-electron chi connectivity index (χ1n) is 11.2. The van der Waals surface area contributed by atoms with Gasteiger partial charge in [-0.3, -0.25) is 9.59 Å². The smallest absolute Gasteiger partial charge is 0.261 e. The Labute approximate surface area is 185 Å². The summed E-state index contributed by atoms with van der Waals surface area (Å²) in [5, 5.41) is 3.13. The zero-order chi connectivity index (χ0) is 22.4. The van der Waals surface area contributed by atoms with Crippen molar-refractivity contribution in [1.29, 1.82) is 0 Å². The average Bonchev–Trinajstić information content (AvgIpc) is 3.25. The molecule has 2 amide bonds. The molecule has 5 heteroatoms. The Morgan fingerprint density at radius 1 is 1.06 bits per heavy atom.